The van der Waals surface area contributed by atoms with Gasteiger partial charge in [-0.2, -0.15) is 0 Å². The van der Waals surface area contributed by atoms with Crippen molar-refractivity contribution in [3.8, 4) is 11.1 Å². The molecule has 0 spiro atoms. The molecule has 0 saturated heterocycles. The first-order valence-corrected chi connectivity index (χ1v) is 11.0. The van der Waals surface area contributed by atoms with Crippen LogP contribution in [-0.4, -0.2) is 53.9 Å². The molecule has 35 heavy (non-hydrogen) atoms. The van der Waals surface area contributed by atoms with Gasteiger partial charge in [0.2, 0.25) is 0 Å². The third kappa shape index (κ3) is 5.02. The molecule has 182 valence electrons. The van der Waals surface area contributed by atoms with Gasteiger partial charge in [0.1, 0.15) is 6.61 Å². The van der Waals surface area contributed by atoms with Crippen molar-refractivity contribution in [1.82, 2.24) is 15.6 Å². The molecule has 0 aliphatic heterocycles. The van der Waals surface area contributed by atoms with Crippen molar-refractivity contribution in [1.29, 1.82) is 0 Å². The highest BCUT2D eigenvalue weighted by Gasteiger charge is 2.30. The fourth-order valence-corrected chi connectivity index (χ4v) is 4.11. The summed E-state index contributed by atoms with van der Waals surface area (Å²) in [6.07, 6.45) is -0.420. The Balaban J connectivity index is 1.36. The van der Waals surface area contributed by atoms with Gasteiger partial charge in [-0.05, 0) is 29.2 Å². The molecule has 2 atom stereocenters. The smallest absolute Gasteiger partial charge is 0.407 e. The van der Waals surface area contributed by atoms with Crippen molar-refractivity contribution in [2.45, 2.75) is 31.5 Å². The van der Waals surface area contributed by atoms with Crippen LogP contribution >= 0.6 is 0 Å². The molecule has 2 aromatic carbocycles. The number of benzene rings is 2. The van der Waals surface area contributed by atoms with Gasteiger partial charge in [0, 0.05) is 13.0 Å². The number of ether oxygens (including phenoxy) is 2. The van der Waals surface area contributed by atoms with Crippen LogP contribution in [0.4, 0.5) is 4.79 Å². The van der Waals surface area contributed by atoms with E-state index in [0.29, 0.717) is 0 Å². The summed E-state index contributed by atoms with van der Waals surface area (Å²) in [7, 11) is 1.34. The molecule has 3 aromatic rings. The average molecular weight is 479 g/mol. The molecule has 10 heteroatoms. The van der Waals surface area contributed by atoms with Gasteiger partial charge in [-0.25, -0.2) is 14.6 Å². The minimum absolute atomic E-state index is 0.0604. The van der Waals surface area contributed by atoms with Crippen LogP contribution in [0.2, 0.25) is 0 Å². The summed E-state index contributed by atoms with van der Waals surface area (Å²) in [5.74, 6) is -2.05. The molecule has 0 unspecified atom stereocenters. The maximum atomic E-state index is 12.5. The van der Waals surface area contributed by atoms with Gasteiger partial charge in [0.15, 0.2) is 23.9 Å². The van der Waals surface area contributed by atoms with Crippen LogP contribution in [-0.2, 0) is 20.8 Å². The molecule has 1 heterocycles. The van der Waals surface area contributed by atoms with Gasteiger partial charge in [-0.1, -0.05) is 48.5 Å². The Morgan fingerprint density at radius 2 is 1.71 bits per heavy atom. The van der Waals surface area contributed by atoms with E-state index in [2.05, 4.69) is 15.6 Å². The van der Waals surface area contributed by atoms with E-state index in [4.69, 9.17) is 13.9 Å². The van der Waals surface area contributed by atoms with E-state index < -0.39 is 30.1 Å². The second kappa shape index (κ2) is 10.4. The number of hydrogen-bond acceptors (Lipinski definition) is 7. The van der Waals surface area contributed by atoms with E-state index in [-0.39, 0.29) is 30.5 Å². The van der Waals surface area contributed by atoms with E-state index in [9.17, 15) is 19.5 Å². The molecular weight excluding hydrogens is 454 g/mol. The number of oxazole rings is 1. The van der Waals surface area contributed by atoms with Crippen LogP contribution in [0.25, 0.3) is 11.1 Å². The van der Waals surface area contributed by atoms with Crippen molar-refractivity contribution < 1.29 is 33.4 Å². The van der Waals surface area contributed by atoms with E-state index in [0.717, 1.165) is 28.6 Å². The summed E-state index contributed by atoms with van der Waals surface area (Å²) in [4.78, 5) is 40.2. The predicted molar refractivity (Wildman–Crippen MR) is 124 cm³/mol. The maximum Gasteiger partial charge on any atom is 0.407 e. The molecule has 1 aliphatic carbocycles. The van der Waals surface area contributed by atoms with Crippen LogP contribution < -0.4 is 10.6 Å². The number of carboxylic acid groups (broad SMARTS) is 1. The van der Waals surface area contributed by atoms with Gasteiger partial charge >= 0.3 is 12.1 Å². The van der Waals surface area contributed by atoms with Crippen LogP contribution in [0.5, 0.6) is 0 Å². The molecule has 0 fully saturated rings. The molecule has 1 aromatic heterocycles. The second-order valence-corrected chi connectivity index (χ2v) is 8.03. The normalized spacial score (nSPS) is 13.9. The largest absolute Gasteiger partial charge is 0.480 e. The number of amides is 2. The maximum absolute atomic E-state index is 12.5. The van der Waals surface area contributed by atoms with E-state index in [1.54, 1.807) is 0 Å². The Morgan fingerprint density at radius 1 is 1.09 bits per heavy atom. The van der Waals surface area contributed by atoms with E-state index in [1.165, 1.54) is 14.0 Å². The standard InChI is InChI=1S/C25H25N3O7/c1-14(33-2)21(24(30)31)28-23(29)22-20(35-13-27-22)11-26-25(32)34-12-19-17-9-5-3-7-15(17)16-8-4-6-10-18(16)19/h3-10,13-14,19,21H,11-12H2,1-2H3,(H,26,32)(H,28,29)(H,30,31)/t14-,21+/m1/s1. The first-order chi connectivity index (χ1) is 16.9. The number of carboxylic acids is 1. The number of methoxy groups -OCH3 is 1. The lowest BCUT2D eigenvalue weighted by atomic mass is 9.98. The molecule has 4 rings (SSSR count). The second-order valence-electron chi connectivity index (χ2n) is 8.03. The van der Waals surface area contributed by atoms with Gasteiger partial charge in [0.05, 0.1) is 12.6 Å². The molecule has 2 amide bonds. The Kier molecular flexibility index (Phi) is 7.11. The van der Waals surface area contributed by atoms with Crippen molar-refractivity contribution in [3.05, 3.63) is 77.5 Å². The molecule has 10 nitrogen and oxygen atoms in total. The van der Waals surface area contributed by atoms with Gasteiger partial charge in [0.25, 0.3) is 5.91 Å². The van der Waals surface area contributed by atoms with E-state index in [1.807, 2.05) is 48.5 Å². The SMILES string of the molecule is CO[C@H](C)[C@H](NC(=O)c1ncoc1CNC(=O)OCC1c2ccccc2-c2ccccc21)C(=O)O. The van der Waals surface area contributed by atoms with Crippen molar-refractivity contribution in [2.24, 2.45) is 0 Å². The first kappa shape index (κ1) is 24.0. The zero-order chi connectivity index (χ0) is 24.9. The van der Waals surface area contributed by atoms with Gasteiger partial charge in [-0.3, -0.25) is 4.79 Å². The summed E-state index contributed by atoms with van der Waals surface area (Å²) in [5.41, 5.74) is 4.29. The fraction of sp³-hybridized carbons (Fsp3) is 0.280. The average Bonchev–Trinajstić information content (AvgIpc) is 3.47. The summed E-state index contributed by atoms with van der Waals surface area (Å²) in [6.45, 7) is 1.48. The third-order valence-electron chi connectivity index (χ3n) is 5.99. The highest BCUT2D eigenvalue weighted by molar-refractivity contribution is 5.96. The Labute approximate surface area is 201 Å². The van der Waals surface area contributed by atoms with Crippen LogP contribution in [0.15, 0.2) is 59.3 Å². The number of fused-ring (bicyclic) bond motifs is 3. The highest BCUT2D eigenvalue weighted by atomic mass is 16.5. The summed E-state index contributed by atoms with van der Waals surface area (Å²) in [6, 6.07) is 14.7. The summed E-state index contributed by atoms with van der Waals surface area (Å²) >= 11 is 0. The molecular formula is C25H25N3O7. The van der Waals surface area contributed by atoms with Crippen molar-refractivity contribution >= 4 is 18.0 Å². The number of carbonyl (C=O) groups is 3. The molecule has 3 N–H and O–H groups in total. The number of carbonyl (C=O) groups excluding carboxylic acids is 2. The van der Waals surface area contributed by atoms with Crippen molar-refractivity contribution in [2.75, 3.05) is 13.7 Å². The zero-order valence-corrected chi connectivity index (χ0v) is 19.2. The number of alkyl carbamates (subject to hydrolysis) is 1. The lowest BCUT2D eigenvalue weighted by molar-refractivity contribution is -0.142. The lowest BCUT2D eigenvalue weighted by Crippen LogP contribution is -2.48. The minimum Gasteiger partial charge on any atom is -0.480 e. The minimum atomic E-state index is -1.29. The third-order valence-corrected chi connectivity index (χ3v) is 5.99. The molecule has 0 bridgehead atoms. The van der Waals surface area contributed by atoms with E-state index >= 15 is 0 Å². The summed E-state index contributed by atoms with van der Waals surface area (Å²) in [5, 5.41) is 14.2. The number of nitrogens with zero attached hydrogens (tertiary/aromatic N) is 1. The first-order valence-electron chi connectivity index (χ1n) is 11.0. The Hall–Kier alpha value is -4.18. The molecule has 0 saturated carbocycles. The number of aromatic nitrogens is 1. The monoisotopic (exact) mass is 479 g/mol. The quantitative estimate of drug-likeness (QED) is 0.426. The van der Waals surface area contributed by atoms with Crippen LogP contribution in [0.3, 0.4) is 0 Å². The number of rotatable bonds is 9. The Morgan fingerprint density at radius 3 is 2.31 bits per heavy atom. The number of hydrogen-bond donors (Lipinski definition) is 3. The molecule has 1 aliphatic rings. The lowest BCUT2D eigenvalue weighted by Gasteiger charge is -2.19. The number of aliphatic carboxylic acids is 1. The fourth-order valence-electron chi connectivity index (χ4n) is 4.11. The summed E-state index contributed by atoms with van der Waals surface area (Å²) < 4.78 is 15.7. The Bertz CT molecular complexity index is 1190. The van der Waals surface area contributed by atoms with Crippen LogP contribution in [0, 0.1) is 0 Å². The van der Waals surface area contributed by atoms with Gasteiger partial charge < -0.3 is 29.6 Å². The zero-order valence-electron chi connectivity index (χ0n) is 19.2. The molecule has 0 radical (unpaired) electrons. The highest BCUT2D eigenvalue weighted by Crippen LogP contribution is 2.44. The number of nitrogens with one attached hydrogen (secondary N) is 2. The van der Waals surface area contributed by atoms with Crippen molar-refractivity contribution in [3.63, 3.8) is 0 Å². The predicted octanol–water partition coefficient (Wildman–Crippen LogP) is 2.93. The van der Waals surface area contributed by atoms with Crippen LogP contribution in [0.1, 0.15) is 40.2 Å². The van der Waals surface area contributed by atoms with Gasteiger partial charge in [-0.15, -0.1) is 0 Å². The topological polar surface area (TPSA) is 140 Å².